The molecule has 2 aromatic heterocycles. The van der Waals surface area contributed by atoms with Crippen LogP contribution in [0.25, 0.3) is 0 Å². The van der Waals surface area contributed by atoms with Gasteiger partial charge in [0.1, 0.15) is 0 Å². The lowest BCUT2D eigenvalue weighted by atomic mass is 9.99. The Balaban J connectivity index is 1.47. The highest BCUT2D eigenvalue weighted by molar-refractivity contribution is 5.94. The quantitative estimate of drug-likeness (QED) is 0.546. The van der Waals surface area contributed by atoms with Crippen LogP contribution in [0.5, 0.6) is 0 Å². The van der Waals surface area contributed by atoms with Crippen molar-refractivity contribution in [3.63, 3.8) is 0 Å². The van der Waals surface area contributed by atoms with Crippen LogP contribution in [0.3, 0.4) is 0 Å². The van der Waals surface area contributed by atoms with Crippen molar-refractivity contribution < 1.29 is 18.0 Å². The number of carbonyl (C=O) groups is 1. The maximum absolute atomic E-state index is 12.9. The van der Waals surface area contributed by atoms with Gasteiger partial charge in [0, 0.05) is 19.3 Å². The lowest BCUT2D eigenvalue weighted by Gasteiger charge is -2.27. The number of carbonyl (C=O) groups excluding carboxylic acids is 1. The number of nitrogen functional groups attached to an aromatic ring is 1. The Morgan fingerprint density at radius 2 is 1.88 bits per heavy atom. The molecule has 0 unspecified atom stereocenters. The van der Waals surface area contributed by atoms with Crippen molar-refractivity contribution in [2.24, 2.45) is 5.92 Å². The standard InChI is InChI=1S/C25H26F3N5O/c1-15(2)23-22-18(14-33(23)13-16-3-5-19(6-4-16)25(26,27)28)9-17(10-31-22)24(34)32-12-21-8-7-20(29)11-30-21/h3-11,15,23H,12-14,29H2,1-2H3,(H,32,34)/t23-/m0/s1. The van der Waals surface area contributed by atoms with E-state index < -0.39 is 11.7 Å². The first-order valence-electron chi connectivity index (χ1n) is 11.0. The lowest BCUT2D eigenvalue weighted by molar-refractivity contribution is -0.137. The van der Waals surface area contributed by atoms with Gasteiger partial charge in [-0.25, -0.2) is 0 Å². The van der Waals surface area contributed by atoms with Gasteiger partial charge >= 0.3 is 6.18 Å². The Morgan fingerprint density at radius 1 is 1.15 bits per heavy atom. The van der Waals surface area contributed by atoms with E-state index in [9.17, 15) is 18.0 Å². The topological polar surface area (TPSA) is 84.1 Å². The third kappa shape index (κ3) is 5.20. The summed E-state index contributed by atoms with van der Waals surface area (Å²) in [4.78, 5) is 23.6. The second kappa shape index (κ2) is 9.42. The minimum atomic E-state index is -4.35. The van der Waals surface area contributed by atoms with Gasteiger partial charge in [0.25, 0.3) is 5.91 Å². The number of rotatable bonds is 6. The zero-order chi connectivity index (χ0) is 24.5. The summed E-state index contributed by atoms with van der Waals surface area (Å²) in [6.45, 7) is 5.49. The minimum absolute atomic E-state index is 0.00776. The van der Waals surface area contributed by atoms with E-state index in [1.54, 1.807) is 18.3 Å². The van der Waals surface area contributed by atoms with Crippen LogP contribution in [0.4, 0.5) is 18.9 Å². The molecule has 0 fully saturated rings. The molecule has 1 aromatic carbocycles. The molecule has 1 aliphatic heterocycles. The van der Waals surface area contributed by atoms with Crippen LogP contribution in [-0.4, -0.2) is 20.8 Å². The van der Waals surface area contributed by atoms with E-state index in [0.717, 1.165) is 29.0 Å². The van der Waals surface area contributed by atoms with Crippen LogP contribution < -0.4 is 11.1 Å². The van der Waals surface area contributed by atoms with Crippen LogP contribution in [0.2, 0.25) is 0 Å². The Labute approximate surface area is 196 Å². The molecule has 9 heteroatoms. The number of nitrogens with two attached hydrogens (primary N) is 1. The number of hydrogen-bond donors (Lipinski definition) is 2. The van der Waals surface area contributed by atoms with Crippen molar-refractivity contribution in [3.05, 3.63) is 88.5 Å². The predicted octanol–water partition coefficient (Wildman–Crippen LogP) is 4.72. The van der Waals surface area contributed by atoms with Crippen LogP contribution in [-0.2, 0) is 25.8 Å². The number of anilines is 1. The predicted molar refractivity (Wildman–Crippen MR) is 122 cm³/mol. The van der Waals surface area contributed by atoms with E-state index in [1.165, 1.54) is 18.3 Å². The van der Waals surface area contributed by atoms with E-state index in [4.69, 9.17) is 5.73 Å². The second-order valence-electron chi connectivity index (χ2n) is 8.82. The first-order chi connectivity index (χ1) is 16.1. The molecule has 0 saturated carbocycles. The van der Waals surface area contributed by atoms with Gasteiger partial charge in [-0.1, -0.05) is 26.0 Å². The van der Waals surface area contributed by atoms with Crippen LogP contribution in [0, 0.1) is 5.92 Å². The number of nitrogens with one attached hydrogen (secondary N) is 1. The minimum Gasteiger partial charge on any atom is -0.397 e. The number of fused-ring (bicyclic) bond motifs is 1. The molecule has 4 rings (SSSR count). The van der Waals surface area contributed by atoms with Gasteiger partial charge in [0.15, 0.2) is 0 Å². The summed E-state index contributed by atoms with van der Waals surface area (Å²) in [5.74, 6) is -0.0179. The maximum atomic E-state index is 12.9. The highest BCUT2D eigenvalue weighted by Gasteiger charge is 2.35. The number of nitrogens with zero attached hydrogens (tertiary/aromatic N) is 3. The van der Waals surface area contributed by atoms with E-state index in [2.05, 4.69) is 34.0 Å². The third-order valence-electron chi connectivity index (χ3n) is 5.89. The fraction of sp³-hybridized carbons (Fsp3) is 0.320. The maximum Gasteiger partial charge on any atom is 0.416 e. The molecule has 0 saturated heterocycles. The van der Waals surface area contributed by atoms with E-state index in [0.29, 0.717) is 30.0 Å². The molecule has 1 atom stereocenters. The van der Waals surface area contributed by atoms with E-state index in [1.807, 2.05) is 6.07 Å². The Kier molecular flexibility index (Phi) is 6.56. The molecule has 6 nitrogen and oxygen atoms in total. The summed E-state index contributed by atoms with van der Waals surface area (Å²) in [6.07, 6.45) is -1.25. The normalized spacial score (nSPS) is 16.0. The Hall–Kier alpha value is -3.46. The van der Waals surface area contributed by atoms with Crippen LogP contribution >= 0.6 is 0 Å². The summed E-state index contributed by atoms with van der Waals surface area (Å²) in [5, 5.41) is 2.84. The molecule has 0 aliphatic carbocycles. The SMILES string of the molecule is CC(C)[C@H]1c2ncc(C(=O)NCc3ccc(N)cn3)cc2CN1Cc1ccc(C(F)(F)F)cc1. The third-order valence-corrected chi connectivity index (χ3v) is 5.89. The average Bonchev–Trinajstić information content (AvgIpc) is 3.15. The molecular formula is C25H26F3N5O. The first kappa shape index (κ1) is 23.7. The summed E-state index contributed by atoms with van der Waals surface area (Å²) in [6, 6.07) is 10.6. The molecule has 0 bridgehead atoms. The zero-order valence-electron chi connectivity index (χ0n) is 18.9. The number of alkyl halides is 3. The van der Waals surface area contributed by atoms with Crippen LogP contribution in [0.1, 0.15) is 58.3 Å². The molecule has 3 aromatic rings. The van der Waals surface area contributed by atoms with Crippen molar-refractivity contribution in [2.45, 2.75) is 45.7 Å². The lowest BCUT2D eigenvalue weighted by Crippen LogP contribution is -2.26. The van der Waals surface area contributed by atoms with Gasteiger partial charge < -0.3 is 11.1 Å². The Bertz CT molecular complexity index is 1160. The largest absolute Gasteiger partial charge is 0.416 e. The summed E-state index contributed by atoms with van der Waals surface area (Å²) in [5.41, 5.74) is 9.32. The molecule has 3 heterocycles. The number of benzene rings is 1. The summed E-state index contributed by atoms with van der Waals surface area (Å²) in [7, 11) is 0. The fourth-order valence-electron chi connectivity index (χ4n) is 4.27. The van der Waals surface area contributed by atoms with Crippen molar-refractivity contribution in [3.8, 4) is 0 Å². The van der Waals surface area contributed by atoms with Crippen molar-refractivity contribution in [2.75, 3.05) is 5.73 Å². The number of halogens is 3. The van der Waals surface area contributed by atoms with Gasteiger partial charge in [0.2, 0.25) is 0 Å². The number of amides is 1. The first-order valence-corrected chi connectivity index (χ1v) is 11.0. The molecule has 1 aliphatic rings. The van der Waals surface area contributed by atoms with E-state index >= 15 is 0 Å². The molecule has 0 spiro atoms. The van der Waals surface area contributed by atoms with Gasteiger partial charge in [-0.05, 0) is 47.4 Å². The molecule has 178 valence electrons. The van der Waals surface area contributed by atoms with Gasteiger partial charge in [-0.15, -0.1) is 0 Å². The second-order valence-corrected chi connectivity index (χ2v) is 8.82. The zero-order valence-corrected chi connectivity index (χ0v) is 18.9. The van der Waals surface area contributed by atoms with Gasteiger partial charge in [0.05, 0.1) is 47.0 Å². The average molecular weight is 470 g/mol. The smallest absolute Gasteiger partial charge is 0.397 e. The van der Waals surface area contributed by atoms with Crippen LogP contribution in [0.15, 0.2) is 54.9 Å². The highest BCUT2D eigenvalue weighted by Crippen LogP contribution is 2.39. The molecule has 0 radical (unpaired) electrons. The molecule has 1 amide bonds. The summed E-state index contributed by atoms with van der Waals surface area (Å²) < 4.78 is 38.6. The monoisotopic (exact) mass is 469 g/mol. The highest BCUT2D eigenvalue weighted by atomic mass is 19.4. The van der Waals surface area contributed by atoms with Gasteiger partial charge in [-0.3, -0.25) is 19.7 Å². The van der Waals surface area contributed by atoms with Gasteiger partial charge in [-0.2, -0.15) is 13.2 Å². The van der Waals surface area contributed by atoms with Crippen molar-refractivity contribution >= 4 is 11.6 Å². The molecule has 3 N–H and O–H groups in total. The van der Waals surface area contributed by atoms with E-state index in [-0.39, 0.29) is 24.4 Å². The molecule has 34 heavy (non-hydrogen) atoms. The molecular weight excluding hydrogens is 443 g/mol. The number of hydrogen-bond acceptors (Lipinski definition) is 5. The number of pyridine rings is 2. The summed E-state index contributed by atoms with van der Waals surface area (Å²) >= 11 is 0. The Morgan fingerprint density at radius 3 is 2.50 bits per heavy atom. The van der Waals surface area contributed by atoms with Crippen molar-refractivity contribution in [1.82, 2.24) is 20.2 Å². The number of aromatic nitrogens is 2. The fourth-order valence-corrected chi connectivity index (χ4v) is 4.27. The van der Waals surface area contributed by atoms with Crippen molar-refractivity contribution in [1.29, 1.82) is 0 Å².